The number of fused-ring (bicyclic) bond motifs is 3. The first kappa shape index (κ1) is 65.8. The smallest absolute Gasteiger partial charge is 0.335 e. The monoisotopic (exact) mass is 1140 g/mol. The Hall–Kier alpha value is -6.76. The van der Waals surface area contributed by atoms with Gasteiger partial charge in [0.05, 0.1) is 25.2 Å². The number of aliphatic imine (C=N–C) groups is 1. The van der Waals surface area contributed by atoms with Gasteiger partial charge in [-0.25, -0.2) is 14.4 Å². The van der Waals surface area contributed by atoms with Crippen LogP contribution in [0, 0.1) is 5.92 Å². The van der Waals surface area contributed by atoms with Crippen molar-refractivity contribution < 1.29 is 93.2 Å². The van der Waals surface area contributed by atoms with E-state index in [-0.39, 0.29) is 77.0 Å². The molecule has 4 fully saturated rings. The molecule has 4 aliphatic heterocycles. The van der Waals surface area contributed by atoms with Gasteiger partial charge in [0.15, 0.2) is 24.2 Å². The van der Waals surface area contributed by atoms with Gasteiger partial charge in [-0.15, -0.1) is 0 Å². The number of carbonyl (C=O) groups excluding carboxylic acids is 9. The van der Waals surface area contributed by atoms with E-state index < -0.39 is 164 Å². The Balaban J connectivity index is 1.79. The van der Waals surface area contributed by atoms with Gasteiger partial charge >= 0.3 is 17.9 Å². The minimum absolute atomic E-state index is 0.00851. The summed E-state index contributed by atoms with van der Waals surface area (Å²) in [6, 6.07) is -14.9. The first-order chi connectivity index (χ1) is 37.8. The number of ether oxygens (including phenoxy) is 1. The molecule has 0 bridgehead atoms. The molecule has 4 aliphatic rings. The normalized spacial score (nSPS) is 28.4. The number of aliphatic hydroxyl groups is 5. The molecule has 16 N–H and O–H groups in total. The van der Waals surface area contributed by atoms with Gasteiger partial charge in [0.2, 0.25) is 47.3 Å². The third-order valence-corrected chi connectivity index (χ3v) is 14.5. The van der Waals surface area contributed by atoms with E-state index in [2.05, 4.69) is 34.8 Å². The fourth-order valence-corrected chi connectivity index (χ4v) is 10.2. The van der Waals surface area contributed by atoms with Crippen LogP contribution in [0.25, 0.3) is 0 Å². The van der Waals surface area contributed by atoms with Gasteiger partial charge in [0.1, 0.15) is 48.4 Å². The molecule has 4 rings (SSSR count). The zero-order chi connectivity index (χ0) is 59.5. The number of carbonyl (C=O) groups is 11. The van der Waals surface area contributed by atoms with E-state index in [1.54, 1.807) is 0 Å². The molecule has 4 saturated heterocycles. The number of aliphatic hydroxyl groups excluding tert-OH is 5. The number of nitrogens with zero attached hydrogens (tertiary/aromatic N) is 4. The van der Waals surface area contributed by atoms with Crippen molar-refractivity contribution in [2.75, 3.05) is 32.8 Å². The summed E-state index contributed by atoms with van der Waals surface area (Å²) < 4.78 is 5.65. The number of hydrogen-bond acceptors (Lipinski definition) is 18. The Morgan fingerprint density at radius 1 is 0.625 bits per heavy atom. The highest BCUT2D eigenvalue weighted by Gasteiger charge is 2.48. The summed E-state index contributed by atoms with van der Waals surface area (Å²) in [6.45, 7) is 3.54. The van der Waals surface area contributed by atoms with Crippen LogP contribution >= 0.6 is 0 Å². The summed E-state index contributed by atoms with van der Waals surface area (Å²) in [5, 5.41) is 84.8. The van der Waals surface area contributed by atoms with E-state index in [9.17, 15) is 88.5 Å². The van der Waals surface area contributed by atoms with Gasteiger partial charge in [-0.1, -0.05) is 52.4 Å². The molecule has 8 amide bonds. The lowest BCUT2D eigenvalue weighted by Crippen LogP contribution is -2.64. The van der Waals surface area contributed by atoms with Gasteiger partial charge in [-0.2, -0.15) is 0 Å². The van der Waals surface area contributed by atoms with Crippen molar-refractivity contribution in [1.82, 2.24) is 41.3 Å². The van der Waals surface area contributed by atoms with E-state index in [1.807, 2.05) is 10.6 Å². The Labute approximate surface area is 462 Å². The second-order valence-electron chi connectivity index (χ2n) is 21.1. The minimum Gasteiger partial charge on any atom is -0.479 e. The molecule has 0 spiro atoms. The lowest BCUT2D eigenvalue weighted by Gasteiger charge is -2.34. The Bertz CT molecular complexity index is 2250. The Kier molecular flexibility index (Phi) is 25.7. The molecule has 1 unspecified atom stereocenters. The highest BCUT2D eigenvalue weighted by Crippen LogP contribution is 2.27. The summed E-state index contributed by atoms with van der Waals surface area (Å²) in [5.74, 6) is -14.6. The van der Waals surface area contributed by atoms with Crippen molar-refractivity contribution in [3.05, 3.63) is 0 Å². The van der Waals surface area contributed by atoms with Gasteiger partial charge in [-0.05, 0) is 70.6 Å². The zero-order valence-electron chi connectivity index (χ0n) is 45.4. The van der Waals surface area contributed by atoms with Crippen LogP contribution in [0.3, 0.4) is 0 Å². The highest BCUT2D eigenvalue weighted by atomic mass is 16.5. The van der Waals surface area contributed by atoms with E-state index in [0.717, 1.165) is 37.0 Å². The van der Waals surface area contributed by atoms with Crippen LogP contribution in [0.5, 0.6) is 0 Å². The molecular weight excluding hydrogens is 1060 g/mol. The Morgan fingerprint density at radius 3 is 1.80 bits per heavy atom. The van der Waals surface area contributed by atoms with Gasteiger partial charge < -0.3 is 93.2 Å². The van der Waals surface area contributed by atoms with Crippen molar-refractivity contribution in [2.45, 2.75) is 202 Å². The third-order valence-electron chi connectivity index (χ3n) is 14.5. The van der Waals surface area contributed by atoms with E-state index in [0.29, 0.717) is 23.7 Å². The average Bonchev–Trinajstić information content (AvgIpc) is 4.19. The number of rotatable bonds is 19. The van der Waals surface area contributed by atoms with Crippen LogP contribution in [-0.4, -0.2) is 233 Å². The number of amides is 8. The minimum atomic E-state index is -2.76. The number of nitrogens with two attached hydrogens (primary N) is 2. The van der Waals surface area contributed by atoms with Crippen LogP contribution in [0.15, 0.2) is 4.99 Å². The number of guanidine groups is 1. The molecule has 30 heteroatoms. The number of unbranched alkanes of at least 4 members (excludes halogenated alkanes) is 5. The zero-order valence-corrected chi connectivity index (χ0v) is 45.4. The van der Waals surface area contributed by atoms with Crippen LogP contribution in [0.4, 0.5) is 0 Å². The molecule has 0 aromatic rings. The number of carboxylic acids is 2. The van der Waals surface area contributed by atoms with Crippen LogP contribution in [0.1, 0.15) is 124 Å². The maximum absolute atomic E-state index is 14.4. The van der Waals surface area contributed by atoms with Crippen molar-refractivity contribution in [3.8, 4) is 0 Å². The van der Waals surface area contributed by atoms with Crippen molar-refractivity contribution in [1.29, 1.82) is 0 Å². The topological polar surface area (TPSA) is 473 Å². The lowest BCUT2D eigenvalue weighted by molar-refractivity contribution is -0.165. The largest absolute Gasteiger partial charge is 0.479 e. The van der Waals surface area contributed by atoms with Gasteiger partial charge in [-0.3, -0.25) is 43.3 Å². The van der Waals surface area contributed by atoms with E-state index in [4.69, 9.17) is 16.2 Å². The number of nitrogens with one attached hydrogen (secondary N) is 5. The number of aliphatic carboxylic acids is 2. The van der Waals surface area contributed by atoms with Crippen molar-refractivity contribution in [3.63, 3.8) is 0 Å². The summed E-state index contributed by atoms with van der Waals surface area (Å²) in [5.41, 5.74) is 10.9. The fraction of sp³-hybridized carbons (Fsp3) is 0.760. The molecule has 4 heterocycles. The molecule has 30 nitrogen and oxygen atoms in total. The van der Waals surface area contributed by atoms with Crippen molar-refractivity contribution >= 4 is 71.1 Å². The molecule has 450 valence electrons. The molecule has 0 aliphatic carbocycles. The summed E-state index contributed by atoms with van der Waals surface area (Å²) >= 11 is 0. The molecule has 80 heavy (non-hydrogen) atoms. The third kappa shape index (κ3) is 18.4. The fourth-order valence-electron chi connectivity index (χ4n) is 10.2. The van der Waals surface area contributed by atoms with Gasteiger partial charge in [0.25, 0.3) is 0 Å². The Morgan fingerprint density at radius 2 is 1.20 bits per heavy atom. The lowest BCUT2D eigenvalue weighted by atomic mass is 10.0. The number of cyclic esters (lactones) is 1. The molecule has 0 saturated carbocycles. The van der Waals surface area contributed by atoms with Gasteiger partial charge in [0, 0.05) is 26.2 Å². The summed E-state index contributed by atoms with van der Waals surface area (Å²) in [4.78, 5) is 158. The molecule has 13 atom stereocenters. The molecule has 0 aromatic heterocycles. The van der Waals surface area contributed by atoms with Crippen LogP contribution < -0.4 is 38.1 Å². The molecule has 0 radical (unpaired) electrons. The summed E-state index contributed by atoms with van der Waals surface area (Å²) in [6.07, 6.45) is -5.47. The maximum Gasteiger partial charge on any atom is 0.335 e. The second-order valence-corrected chi connectivity index (χ2v) is 21.1. The molecular formula is C50H81N11O19. The number of esters is 1. The first-order valence-electron chi connectivity index (χ1n) is 27.3. The van der Waals surface area contributed by atoms with E-state index in [1.165, 1.54) is 11.8 Å². The van der Waals surface area contributed by atoms with Crippen LogP contribution in [-0.2, 0) is 57.5 Å². The SMILES string of the molecule is CC(C)CCCCCCCCC1CC(=O)N[C@H]([C@@H](C)O)C(=O)N2CCC[C@@H]2C(=O)N2CCC[C@@H]2C(=O)N[C@@H](CCCN=C(N)N)C(=O)N[C@H]([C@@H](O)C(=O)O)C(=O)N[C@@H](CO)C(=O)N2CC[C@H](O)[C@H]2C(=O)N[C@@H]([C@H](O)C(=O)O)C(=O)O1. The average molecular weight is 1140 g/mol. The standard InChI is InChI=1S/C50H81N11O19/c1-25(2)13-8-6-4-5-7-9-14-27-23-33(65)56-34(26(3)63)46(74)60-21-12-17-31(60)45(73)59-20-11-16-30(59)41(69)54-28(15-10-19-53-50(51)52)40(68)57-35(38(66)47(75)76)42(70)55-29(24-62)44(72)61-22-18-32(64)37(61)43(71)58-36(49(79)80-27)39(67)48(77)78/h25-32,34-39,62-64,66-67H,4-24H2,1-3H3,(H,54,69)(H,55,70)(H,56,65)(H,57,68)(H,58,71)(H,75,76)(H,77,78)(H4,51,52,53)/t26-,27?,28+,29+,30-,31-,32+,34-,35-,36+,37+,38-,39+/m1/s1. The first-order valence-corrected chi connectivity index (χ1v) is 27.3. The van der Waals surface area contributed by atoms with E-state index >= 15 is 0 Å². The van der Waals surface area contributed by atoms with Crippen LogP contribution in [0.2, 0.25) is 0 Å². The predicted octanol–water partition coefficient (Wildman–Crippen LogP) is -5.24. The number of carboxylic acid groups (broad SMARTS) is 2. The second kappa shape index (κ2) is 31.3. The van der Waals surface area contributed by atoms with Crippen molar-refractivity contribution in [2.24, 2.45) is 22.4 Å². The molecule has 0 aromatic carbocycles. The quantitative estimate of drug-likeness (QED) is 0.0249. The highest BCUT2D eigenvalue weighted by molar-refractivity contribution is 6.00. The number of hydrogen-bond donors (Lipinski definition) is 14. The maximum atomic E-state index is 14.4. The predicted molar refractivity (Wildman–Crippen MR) is 277 cm³/mol. The summed E-state index contributed by atoms with van der Waals surface area (Å²) in [7, 11) is 0.